The van der Waals surface area contributed by atoms with Crippen LogP contribution in [0.3, 0.4) is 0 Å². The molecular formula is C32H58NP. The average molecular weight is 488 g/mol. The Morgan fingerprint density at radius 2 is 1.12 bits per heavy atom. The molecule has 2 aliphatic carbocycles. The fourth-order valence-corrected chi connectivity index (χ4v) is 13.2. The van der Waals surface area contributed by atoms with Crippen LogP contribution in [0.2, 0.25) is 0 Å². The minimum absolute atomic E-state index is 1.07. The standard InChI is InChI=1S/C32H58NP/c1-34(31-22-14-10-15-23-31,32-24-16-11-17-25-32)29-19-8-6-4-2-3-5-7-18-27-33-28-26-30-20-12-9-13-21-30/h9,12-13,20-21,31-34H,2-8,10-11,14-19,22-29H2,1H3. The van der Waals surface area contributed by atoms with Crippen LogP contribution in [0.4, 0.5) is 0 Å². The average Bonchev–Trinajstić information content (AvgIpc) is 2.90. The van der Waals surface area contributed by atoms with Crippen molar-refractivity contribution in [3.8, 4) is 0 Å². The fourth-order valence-electron chi connectivity index (χ4n) is 7.26. The summed E-state index contributed by atoms with van der Waals surface area (Å²) in [6.07, 6.45) is 31.6. The molecule has 0 atom stereocenters. The van der Waals surface area contributed by atoms with Gasteiger partial charge in [0.2, 0.25) is 0 Å². The fraction of sp³-hybridized carbons (Fsp3) is 0.812. The summed E-state index contributed by atoms with van der Waals surface area (Å²) in [5, 5.41) is 3.62. The van der Waals surface area contributed by atoms with E-state index in [4.69, 9.17) is 0 Å². The molecule has 0 radical (unpaired) electrons. The first-order valence-electron chi connectivity index (χ1n) is 15.5. The third kappa shape index (κ3) is 10.3. The molecule has 1 aromatic rings. The Balaban J connectivity index is 1.16. The monoisotopic (exact) mass is 487 g/mol. The van der Waals surface area contributed by atoms with Crippen LogP contribution in [0, 0.1) is 0 Å². The van der Waals surface area contributed by atoms with E-state index in [9.17, 15) is 0 Å². The van der Waals surface area contributed by atoms with Crippen LogP contribution in [0.25, 0.3) is 0 Å². The molecule has 1 aromatic carbocycles. The third-order valence-corrected chi connectivity index (χ3v) is 15.9. The van der Waals surface area contributed by atoms with Crippen LogP contribution in [0.15, 0.2) is 30.3 Å². The Kier molecular flexibility index (Phi) is 14.2. The summed E-state index contributed by atoms with van der Waals surface area (Å²) in [5.74, 6) is 0. The van der Waals surface area contributed by atoms with Gasteiger partial charge >= 0.3 is 165 Å². The van der Waals surface area contributed by atoms with Crippen LogP contribution >= 0.6 is 7.26 Å². The van der Waals surface area contributed by atoms with Gasteiger partial charge in [0.25, 0.3) is 0 Å². The number of rotatable bonds is 17. The molecule has 2 aliphatic rings. The first kappa shape index (κ1) is 28.2. The first-order chi connectivity index (χ1) is 16.8. The zero-order chi connectivity index (χ0) is 23.7. The van der Waals surface area contributed by atoms with E-state index in [-0.39, 0.29) is 0 Å². The normalized spacial score (nSPS) is 18.9. The van der Waals surface area contributed by atoms with Gasteiger partial charge in [0, 0.05) is 0 Å². The van der Waals surface area contributed by atoms with Crippen molar-refractivity contribution in [2.45, 2.75) is 140 Å². The third-order valence-electron chi connectivity index (χ3n) is 9.58. The van der Waals surface area contributed by atoms with Crippen molar-refractivity contribution in [3.05, 3.63) is 35.9 Å². The molecule has 0 amide bonds. The molecule has 0 spiro atoms. The van der Waals surface area contributed by atoms with Crippen molar-refractivity contribution in [1.29, 1.82) is 0 Å². The Morgan fingerprint density at radius 3 is 1.68 bits per heavy atom. The predicted molar refractivity (Wildman–Crippen MR) is 157 cm³/mol. The van der Waals surface area contributed by atoms with Crippen molar-refractivity contribution < 1.29 is 0 Å². The second kappa shape index (κ2) is 17.1. The topological polar surface area (TPSA) is 12.0 Å². The molecule has 1 nitrogen and oxygen atoms in total. The first-order valence-corrected chi connectivity index (χ1v) is 18.4. The maximum atomic E-state index is 3.62. The second-order valence-electron chi connectivity index (χ2n) is 12.1. The number of unbranched alkanes of at least 4 members (excludes halogenated alkanes) is 8. The van der Waals surface area contributed by atoms with Crippen LogP contribution in [0.5, 0.6) is 0 Å². The Hall–Kier alpha value is -0.390. The van der Waals surface area contributed by atoms with Crippen LogP contribution < -0.4 is 5.32 Å². The van der Waals surface area contributed by atoms with Crippen LogP contribution in [-0.2, 0) is 6.42 Å². The molecule has 1 N–H and O–H groups in total. The maximum absolute atomic E-state index is 3.62. The molecule has 0 saturated heterocycles. The van der Waals surface area contributed by atoms with E-state index >= 15 is 0 Å². The minimum atomic E-state index is -1.07. The van der Waals surface area contributed by atoms with Gasteiger partial charge in [-0.25, -0.2) is 0 Å². The quantitative estimate of drug-likeness (QED) is 0.170. The molecule has 3 rings (SSSR count). The van der Waals surface area contributed by atoms with E-state index in [1.807, 2.05) is 0 Å². The summed E-state index contributed by atoms with van der Waals surface area (Å²) in [6, 6.07) is 10.8. The van der Waals surface area contributed by atoms with Gasteiger partial charge in [-0.15, -0.1) is 0 Å². The van der Waals surface area contributed by atoms with E-state index in [0.29, 0.717) is 0 Å². The number of hydrogen-bond acceptors (Lipinski definition) is 1. The number of hydrogen-bond donors (Lipinski definition) is 1. The van der Waals surface area contributed by atoms with Gasteiger partial charge < -0.3 is 0 Å². The molecule has 2 heteroatoms. The van der Waals surface area contributed by atoms with Gasteiger partial charge in [0.15, 0.2) is 0 Å². The summed E-state index contributed by atoms with van der Waals surface area (Å²) < 4.78 is 0. The molecule has 2 fully saturated rings. The molecule has 0 aromatic heterocycles. The summed E-state index contributed by atoms with van der Waals surface area (Å²) in [5.41, 5.74) is 3.80. The Labute approximate surface area is 214 Å². The van der Waals surface area contributed by atoms with Crippen molar-refractivity contribution in [2.24, 2.45) is 0 Å². The number of benzene rings is 1. The molecule has 196 valence electrons. The van der Waals surface area contributed by atoms with Crippen LogP contribution in [0.1, 0.15) is 128 Å². The van der Waals surface area contributed by atoms with Gasteiger partial charge in [-0.1, -0.05) is 30.3 Å². The molecule has 0 heterocycles. The van der Waals surface area contributed by atoms with Crippen molar-refractivity contribution in [1.82, 2.24) is 5.32 Å². The SMILES string of the molecule is C[PH](CCCCCCCCCCCNCCc1ccccc1)(C1CCCCC1)C1CCCCC1. The molecule has 34 heavy (non-hydrogen) atoms. The van der Waals surface area contributed by atoms with Crippen molar-refractivity contribution in [2.75, 3.05) is 25.9 Å². The van der Waals surface area contributed by atoms with Crippen molar-refractivity contribution in [3.63, 3.8) is 0 Å². The van der Waals surface area contributed by atoms with E-state index in [2.05, 4.69) is 42.3 Å². The summed E-state index contributed by atoms with van der Waals surface area (Å²) >= 11 is 0. The molecule has 0 aliphatic heterocycles. The van der Waals surface area contributed by atoms with Gasteiger partial charge in [-0.05, 0) is 18.5 Å². The van der Waals surface area contributed by atoms with Gasteiger partial charge in [0.1, 0.15) is 0 Å². The van der Waals surface area contributed by atoms with Crippen LogP contribution in [-0.4, -0.2) is 37.2 Å². The van der Waals surface area contributed by atoms with Crippen molar-refractivity contribution >= 4 is 7.26 Å². The van der Waals surface area contributed by atoms with Gasteiger partial charge in [0.05, 0.1) is 0 Å². The van der Waals surface area contributed by atoms with E-state index < -0.39 is 7.26 Å². The number of nitrogens with one attached hydrogen (secondary N) is 1. The van der Waals surface area contributed by atoms with Gasteiger partial charge in [-0.2, -0.15) is 0 Å². The Morgan fingerprint density at radius 1 is 0.618 bits per heavy atom. The molecular weight excluding hydrogens is 429 g/mol. The Bertz CT molecular complexity index is 585. The molecule has 0 bridgehead atoms. The zero-order valence-electron chi connectivity index (χ0n) is 22.8. The van der Waals surface area contributed by atoms with E-state index in [1.165, 1.54) is 87.6 Å². The molecule has 2 saturated carbocycles. The predicted octanol–water partition coefficient (Wildman–Crippen LogP) is 9.37. The van der Waals surface area contributed by atoms with E-state index in [1.54, 1.807) is 63.9 Å². The summed E-state index contributed by atoms with van der Waals surface area (Å²) in [6.45, 7) is 5.18. The molecule has 0 unspecified atom stereocenters. The second-order valence-corrected chi connectivity index (χ2v) is 17.2. The summed E-state index contributed by atoms with van der Waals surface area (Å²) in [4.78, 5) is 0. The zero-order valence-corrected chi connectivity index (χ0v) is 23.8. The summed E-state index contributed by atoms with van der Waals surface area (Å²) in [7, 11) is -1.07. The van der Waals surface area contributed by atoms with Gasteiger partial charge in [-0.3, -0.25) is 0 Å². The van der Waals surface area contributed by atoms with E-state index in [0.717, 1.165) is 13.0 Å².